The van der Waals surface area contributed by atoms with Crippen LogP contribution in [0, 0.1) is 5.92 Å². The van der Waals surface area contributed by atoms with E-state index in [9.17, 15) is 4.79 Å². The van der Waals surface area contributed by atoms with Crippen LogP contribution < -0.4 is 0 Å². The number of halogens is 3. The van der Waals surface area contributed by atoms with Gasteiger partial charge in [0.05, 0.1) is 10.6 Å². The average Bonchev–Trinajstić information content (AvgIpc) is 2.76. The molecule has 2 rings (SSSR count). The van der Waals surface area contributed by atoms with Crippen LogP contribution in [0.15, 0.2) is 18.2 Å². The molecule has 1 amide bonds. The lowest BCUT2D eigenvalue weighted by Gasteiger charge is -2.17. The van der Waals surface area contributed by atoms with Gasteiger partial charge < -0.3 is 4.90 Å². The summed E-state index contributed by atoms with van der Waals surface area (Å²) in [6, 6.07) is 4.99. The van der Waals surface area contributed by atoms with Gasteiger partial charge in [0.2, 0.25) is 0 Å². The molecule has 0 aliphatic carbocycles. The van der Waals surface area contributed by atoms with E-state index in [2.05, 4.69) is 15.9 Å². The highest BCUT2D eigenvalue weighted by Crippen LogP contribution is 2.25. The normalized spacial score (nSPS) is 19.7. The van der Waals surface area contributed by atoms with Gasteiger partial charge in [-0.15, -0.1) is 0 Å². The molecule has 1 fully saturated rings. The first-order valence-corrected chi connectivity index (χ1v) is 7.30. The highest BCUT2D eigenvalue weighted by Gasteiger charge is 2.27. The molecule has 0 saturated carbocycles. The summed E-state index contributed by atoms with van der Waals surface area (Å²) in [6.45, 7) is 1.59. The fourth-order valence-electron chi connectivity index (χ4n) is 1.98. The van der Waals surface area contributed by atoms with Crippen molar-refractivity contribution in [2.24, 2.45) is 5.92 Å². The van der Waals surface area contributed by atoms with E-state index in [-0.39, 0.29) is 5.91 Å². The van der Waals surface area contributed by atoms with E-state index < -0.39 is 0 Å². The van der Waals surface area contributed by atoms with Gasteiger partial charge in [0.1, 0.15) is 0 Å². The van der Waals surface area contributed by atoms with Gasteiger partial charge in [0, 0.05) is 23.4 Å². The minimum Gasteiger partial charge on any atom is -0.338 e. The lowest BCUT2D eigenvalue weighted by atomic mass is 10.2. The number of rotatable bonds is 2. The number of nitrogens with zero attached hydrogens (tertiary/aromatic N) is 1. The summed E-state index contributed by atoms with van der Waals surface area (Å²) in [5.41, 5.74) is 0.534. The van der Waals surface area contributed by atoms with Gasteiger partial charge in [-0.25, -0.2) is 0 Å². The molecule has 1 unspecified atom stereocenters. The van der Waals surface area contributed by atoms with E-state index in [0.29, 0.717) is 21.5 Å². The van der Waals surface area contributed by atoms with Gasteiger partial charge >= 0.3 is 0 Å². The summed E-state index contributed by atoms with van der Waals surface area (Å²) in [6.07, 6.45) is 1.04. The second-order valence-corrected chi connectivity index (χ2v) is 5.68. The zero-order valence-electron chi connectivity index (χ0n) is 9.13. The molecule has 5 heteroatoms. The average molecular weight is 337 g/mol. The molecule has 2 nitrogen and oxygen atoms in total. The minimum atomic E-state index is -0.00452. The van der Waals surface area contributed by atoms with E-state index >= 15 is 0 Å². The Morgan fingerprint density at radius 3 is 2.82 bits per heavy atom. The second kappa shape index (κ2) is 5.59. The van der Waals surface area contributed by atoms with E-state index in [1.54, 1.807) is 18.2 Å². The van der Waals surface area contributed by atoms with Crippen LogP contribution in [0.3, 0.4) is 0 Å². The quantitative estimate of drug-likeness (QED) is 0.751. The first-order chi connectivity index (χ1) is 8.11. The number of amides is 1. The Labute approximate surface area is 119 Å². The largest absolute Gasteiger partial charge is 0.338 e. The first kappa shape index (κ1) is 13.2. The summed E-state index contributed by atoms with van der Waals surface area (Å²) in [7, 11) is 0. The molecule has 1 atom stereocenters. The van der Waals surface area contributed by atoms with Crippen molar-refractivity contribution in [3.8, 4) is 0 Å². The van der Waals surface area contributed by atoms with Gasteiger partial charge in [-0.2, -0.15) is 0 Å². The van der Waals surface area contributed by atoms with Crippen LogP contribution in [-0.4, -0.2) is 29.2 Å². The molecular weight excluding hydrogens is 325 g/mol. The second-order valence-electron chi connectivity index (χ2n) is 4.18. The smallest absolute Gasteiger partial charge is 0.255 e. The topological polar surface area (TPSA) is 20.3 Å². The fourth-order valence-corrected chi connectivity index (χ4v) is 2.99. The Morgan fingerprint density at radius 1 is 1.47 bits per heavy atom. The maximum atomic E-state index is 12.2. The third-order valence-electron chi connectivity index (χ3n) is 2.95. The SMILES string of the molecule is O=C(c1ccc(Cl)cc1Cl)N1CCC(CBr)C1. The van der Waals surface area contributed by atoms with Crippen LogP contribution in [-0.2, 0) is 0 Å². The molecule has 1 aliphatic heterocycles. The van der Waals surface area contributed by atoms with Crippen molar-refractivity contribution < 1.29 is 4.79 Å². The minimum absolute atomic E-state index is 0.00452. The van der Waals surface area contributed by atoms with E-state index in [4.69, 9.17) is 23.2 Å². The molecule has 0 bridgehead atoms. The number of hydrogen-bond acceptors (Lipinski definition) is 1. The molecule has 1 aromatic carbocycles. The number of alkyl halides is 1. The lowest BCUT2D eigenvalue weighted by molar-refractivity contribution is 0.0788. The maximum absolute atomic E-state index is 12.2. The van der Waals surface area contributed by atoms with Crippen molar-refractivity contribution in [1.82, 2.24) is 4.90 Å². The van der Waals surface area contributed by atoms with Crippen LogP contribution in [0.25, 0.3) is 0 Å². The highest BCUT2D eigenvalue weighted by molar-refractivity contribution is 9.09. The van der Waals surface area contributed by atoms with Crippen molar-refractivity contribution in [2.45, 2.75) is 6.42 Å². The van der Waals surface area contributed by atoms with E-state index in [0.717, 1.165) is 24.8 Å². The molecule has 1 heterocycles. The summed E-state index contributed by atoms with van der Waals surface area (Å²) in [5.74, 6) is 0.542. The molecule has 1 aliphatic rings. The van der Waals surface area contributed by atoms with Crippen LogP contribution >= 0.6 is 39.1 Å². The van der Waals surface area contributed by atoms with Crippen LogP contribution in [0.4, 0.5) is 0 Å². The third kappa shape index (κ3) is 2.95. The zero-order chi connectivity index (χ0) is 12.4. The highest BCUT2D eigenvalue weighted by atomic mass is 79.9. The van der Waals surface area contributed by atoms with Gasteiger partial charge in [-0.3, -0.25) is 4.79 Å². The number of hydrogen-bond donors (Lipinski definition) is 0. The van der Waals surface area contributed by atoms with Crippen LogP contribution in [0.5, 0.6) is 0 Å². The molecule has 1 saturated heterocycles. The summed E-state index contributed by atoms with van der Waals surface area (Å²) < 4.78 is 0. The number of carbonyl (C=O) groups is 1. The fraction of sp³-hybridized carbons (Fsp3) is 0.417. The number of carbonyl (C=O) groups excluding carboxylic acids is 1. The molecule has 0 radical (unpaired) electrons. The van der Waals surface area contributed by atoms with E-state index in [1.807, 2.05) is 4.90 Å². The summed E-state index contributed by atoms with van der Waals surface area (Å²) >= 11 is 15.3. The van der Waals surface area contributed by atoms with Gasteiger partial charge in [0.25, 0.3) is 5.91 Å². The summed E-state index contributed by atoms with van der Waals surface area (Å²) in [5, 5.41) is 1.90. The predicted molar refractivity (Wildman–Crippen MR) is 74.3 cm³/mol. The van der Waals surface area contributed by atoms with Crippen LogP contribution in [0.2, 0.25) is 10.0 Å². The Balaban J connectivity index is 2.15. The van der Waals surface area contributed by atoms with Crippen molar-refractivity contribution in [3.05, 3.63) is 33.8 Å². The van der Waals surface area contributed by atoms with Crippen molar-refractivity contribution in [3.63, 3.8) is 0 Å². The first-order valence-electron chi connectivity index (χ1n) is 5.42. The maximum Gasteiger partial charge on any atom is 0.255 e. The van der Waals surface area contributed by atoms with Crippen molar-refractivity contribution in [1.29, 1.82) is 0 Å². The summed E-state index contributed by atoms with van der Waals surface area (Å²) in [4.78, 5) is 14.1. The van der Waals surface area contributed by atoms with Gasteiger partial charge in [0.15, 0.2) is 0 Å². The molecular formula is C12H12BrCl2NO. The molecule has 92 valence electrons. The van der Waals surface area contributed by atoms with Crippen LogP contribution in [0.1, 0.15) is 16.8 Å². The Kier molecular flexibility index (Phi) is 4.34. The zero-order valence-corrected chi connectivity index (χ0v) is 12.2. The van der Waals surface area contributed by atoms with Gasteiger partial charge in [-0.1, -0.05) is 39.1 Å². The number of benzene rings is 1. The Bertz CT molecular complexity index is 439. The monoisotopic (exact) mass is 335 g/mol. The molecule has 0 N–H and O–H groups in total. The molecule has 0 aromatic heterocycles. The van der Waals surface area contributed by atoms with Crippen molar-refractivity contribution in [2.75, 3.05) is 18.4 Å². The molecule has 0 spiro atoms. The Hall–Kier alpha value is -0.250. The van der Waals surface area contributed by atoms with Crippen molar-refractivity contribution >= 4 is 45.0 Å². The standard InChI is InChI=1S/C12H12BrCl2NO/c13-6-8-3-4-16(7-8)12(17)10-2-1-9(14)5-11(10)15/h1-2,5,8H,3-4,6-7H2. The molecule has 17 heavy (non-hydrogen) atoms. The third-order valence-corrected chi connectivity index (χ3v) is 4.42. The predicted octanol–water partition coefficient (Wildman–Crippen LogP) is 3.85. The Morgan fingerprint density at radius 2 is 2.24 bits per heavy atom. The molecule has 1 aromatic rings. The lowest BCUT2D eigenvalue weighted by Crippen LogP contribution is -2.29. The van der Waals surface area contributed by atoms with E-state index in [1.165, 1.54) is 0 Å². The van der Waals surface area contributed by atoms with Gasteiger partial charge in [-0.05, 0) is 30.5 Å². The number of likely N-dealkylation sites (tertiary alicyclic amines) is 1.